The summed E-state index contributed by atoms with van der Waals surface area (Å²) in [4.78, 5) is 36.0. The number of nitrogens with one attached hydrogen (secondary N) is 2. The van der Waals surface area contributed by atoms with Crippen LogP contribution in [0, 0.1) is 0 Å². The van der Waals surface area contributed by atoms with Crippen molar-refractivity contribution in [2.45, 2.75) is 19.9 Å². The lowest BCUT2D eigenvalue weighted by molar-refractivity contribution is 0.0607. The van der Waals surface area contributed by atoms with Crippen molar-refractivity contribution in [3.63, 3.8) is 0 Å². The molecule has 0 spiro atoms. The Morgan fingerprint density at radius 1 is 1.27 bits per heavy atom. The zero-order valence-corrected chi connectivity index (χ0v) is 15.0. The molecule has 0 saturated carbocycles. The van der Waals surface area contributed by atoms with Crippen LogP contribution in [0.25, 0.3) is 11.1 Å². The molecule has 9 heteroatoms. The summed E-state index contributed by atoms with van der Waals surface area (Å²) in [7, 11) is 1.28. The lowest BCUT2D eigenvalue weighted by Crippen LogP contribution is -2.20. The van der Waals surface area contributed by atoms with Crippen molar-refractivity contribution in [2.24, 2.45) is 0 Å². The standard InChI is InChI=1S/C17H17N3O5S/c1-3-7-20-12-5-4-10(9-13(12)25-17(20)23)18-16(22)19-11-6-8-26-14(11)15(21)24-2/h4-6,8-9H,3,7H2,1-2H3,(H2,18,19,22). The van der Waals surface area contributed by atoms with Gasteiger partial charge in [0.05, 0.1) is 18.3 Å². The second-order valence-corrected chi connectivity index (χ2v) is 6.35. The van der Waals surface area contributed by atoms with Crippen molar-refractivity contribution in [3.05, 3.63) is 45.1 Å². The predicted molar refractivity (Wildman–Crippen MR) is 99.1 cm³/mol. The molecule has 0 aliphatic rings. The molecule has 0 aliphatic heterocycles. The summed E-state index contributed by atoms with van der Waals surface area (Å²) in [5.41, 5.74) is 1.89. The van der Waals surface area contributed by atoms with Crippen molar-refractivity contribution in [2.75, 3.05) is 17.7 Å². The van der Waals surface area contributed by atoms with Crippen LogP contribution in [0.5, 0.6) is 0 Å². The fourth-order valence-corrected chi connectivity index (χ4v) is 3.29. The number of esters is 1. The maximum absolute atomic E-state index is 12.2. The van der Waals surface area contributed by atoms with Crippen LogP contribution in [0.3, 0.4) is 0 Å². The molecule has 0 radical (unpaired) electrons. The number of thiophene rings is 1. The van der Waals surface area contributed by atoms with Gasteiger partial charge in [-0.1, -0.05) is 6.92 Å². The number of oxazole rings is 1. The van der Waals surface area contributed by atoms with Gasteiger partial charge in [0, 0.05) is 18.3 Å². The van der Waals surface area contributed by atoms with Crippen molar-refractivity contribution >= 4 is 45.8 Å². The van der Waals surface area contributed by atoms with Crippen LogP contribution in [-0.2, 0) is 11.3 Å². The zero-order valence-electron chi connectivity index (χ0n) is 14.2. The van der Waals surface area contributed by atoms with Gasteiger partial charge in [0.2, 0.25) is 0 Å². The number of carbonyl (C=O) groups excluding carboxylic acids is 2. The Kier molecular flexibility index (Phi) is 5.08. The normalized spacial score (nSPS) is 10.7. The van der Waals surface area contributed by atoms with Gasteiger partial charge in [-0.25, -0.2) is 14.4 Å². The number of ether oxygens (including phenoxy) is 1. The first kappa shape index (κ1) is 17.7. The lowest BCUT2D eigenvalue weighted by Gasteiger charge is -2.08. The number of fused-ring (bicyclic) bond motifs is 1. The minimum absolute atomic E-state index is 0.306. The Balaban J connectivity index is 1.77. The molecule has 0 unspecified atom stereocenters. The molecule has 2 N–H and O–H groups in total. The minimum atomic E-state index is -0.525. The maximum Gasteiger partial charge on any atom is 0.419 e. The van der Waals surface area contributed by atoms with Gasteiger partial charge >= 0.3 is 17.8 Å². The van der Waals surface area contributed by atoms with Crippen LogP contribution >= 0.6 is 11.3 Å². The molecule has 3 aromatic rings. The van der Waals surface area contributed by atoms with Crippen LogP contribution in [-0.4, -0.2) is 23.7 Å². The second-order valence-electron chi connectivity index (χ2n) is 5.44. The van der Waals surface area contributed by atoms with Crippen molar-refractivity contribution < 1.29 is 18.7 Å². The number of aromatic nitrogens is 1. The molecule has 0 fully saturated rings. The molecule has 8 nitrogen and oxygen atoms in total. The number of rotatable bonds is 5. The Morgan fingerprint density at radius 2 is 2.08 bits per heavy atom. The number of benzene rings is 1. The summed E-state index contributed by atoms with van der Waals surface area (Å²) in [6.45, 7) is 2.53. The van der Waals surface area contributed by atoms with Gasteiger partial charge < -0.3 is 19.8 Å². The minimum Gasteiger partial charge on any atom is -0.465 e. The van der Waals surface area contributed by atoms with Crippen molar-refractivity contribution in [1.82, 2.24) is 4.57 Å². The fraction of sp³-hybridized carbons (Fsp3) is 0.235. The number of carbonyl (C=O) groups is 2. The van der Waals surface area contributed by atoms with Gasteiger partial charge in [-0.05, 0) is 30.0 Å². The Bertz CT molecular complexity index is 1020. The quantitative estimate of drug-likeness (QED) is 0.665. The molecular formula is C17H17N3O5S. The van der Waals surface area contributed by atoms with Crippen LogP contribution in [0.2, 0.25) is 0 Å². The third-order valence-corrected chi connectivity index (χ3v) is 4.55. The Labute approximate surface area is 152 Å². The first-order valence-electron chi connectivity index (χ1n) is 7.90. The van der Waals surface area contributed by atoms with Gasteiger partial charge in [0.25, 0.3) is 0 Å². The maximum atomic E-state index is 12.2. The van der Waals surface area contributed by atoms with E-state index in [1.54, 1.807) is 34.2 Å². The average Bonchev–Trinajstić information content (AvgIpc) is 3.19. The average molecular weight is 375 g/mol. The molecule has 2 aromatic heterocycles. The highest BCUT2D eigenvalue weighted by molar-refractivity contribution is 7.12. The summed E-state index contributed by atoms with van der Waals surface area (Å²) in [5, 5.41) is 6.93. The Morgan fingerprint density at radius 3 is 2.81 bits per heavy atom. The van der Waals surface area contributed by atoms with Gasteiger partial charge in [0.15, 0.2) is 5.58 Å². The van der Waals surface area contributed by atoms with Crippen LogP contribution in [0.1, 0.15) is 23.0 Å². The number of urea groups is 1. The summed E-state index contributed by atoms with van der Waals surface area (Å²) < 4.78 is 11.4. The topological polar surface area (TPSA) is 103 Å². The molecule has 2 heterocycles. The third-order valence-electron chi connectivity index (χ3n) is 3.66. The smallest absolute Gasteiger partial charge is 0.419 e. The Hall–Kier alpha value is -3.07. The number of anilines is 2. The molecule has 2 amide bonds. The number of hydrogen-bond donors (Lipinski definition) is 2. The summed E-state index contributed by atoms with van der Waals surface area (Å²) in [5.74, 6) is -0.944. The lowest BCUT2D eigenvalue weighted by atomic mass is 10.3. The van der Waals surface area contributed by atoms with Gasteiger partial charge in [-0.2, -0.15) is 0 Å². The highest BCUT2D eigenvalue weighted by atomic mass is 32.1. The summed E-state index contributed by atoms with van der Waals surface area (Å²) >= 11 is 1.17. The van der Waals surface area contributed by atoms with E-state index in [9.17, 15) is 14.4 Å². The second kappa shape index (κ2) is 7.44. The summed E-state index contributed by atoms with van der Waals surface area (Å²) in [6, 6.07) is 6.07. The largest absolute Gasteiger partial charge is 0.465 e. The van der Waals surface area contributed by atoms with E-state index >= 15 is 0 Å². The fourth-order valence-electron chi connectivity index (χ4n) is 2.52. The van der Waals surface area contributed by atoms with E-state index in [0.29, 0.717) is 33.9 Å². The van der Waals surface area contributed by atoms with E-state index in [2.05, 4.69) is 15.4 Å². The molecule has 3 rings (SSSR count). The van der Waals surface area contributed by atoms with E-state index in [4.69, 9.17) is 4.42 Å². The summed E-state index contributed by atoms with van der Waals surface area (Å²) in [6.07, 6.45) is 0.806. The molecule has 0 bridgehead atoms. The number of methoxy groups -OCH3 is 1. The van der Waals surface area contributed by atoms with E-state index in [1.807, 2.05) is 6.92 Å². The van der Waals surface area contributed by atoms with E-state index in [-0.39, 0.29) is 0 Å². The molecule has 0 saturated heterocycles. The number of nitrogens with zero attached hydrogens (tertiary/aromatic N) is 1. The van der Waals surface area contributed by atoms with E-state index in [1.165, 1.54) is 18.4 Å². The molecule has 0 aliphatic carbocycles. The predicted octanol–water partition coefficient (Wildman–Crippen LogP) is 3.50. The van der Waals surface area contributed by atoms with Gasteiger partial charge in [-0.15, -0.1) is 11.3 Å². The van der Waals surface area contributed by atoms with Crippen molar-refractivity contribution in [3.8, 4) is 0 Å². The zero-order chi connectivity index (χ0) is 18.7. The highest BCUT2D eigenvalue weighted by Crippen LogP contribution is 2.24. The van der Waals surface area contributed by atoms with Gasteiger partial charge in [0.1, 0.15) is 4.88 Å². The third kappa shape index (κ3) is 3.47. The number of hydrogen-bond acceptors (Lipinski definition) is 6. The monoisotopic (exact) mass is 375 g/mol. The first-order valence-corrected chi connectivity index (χ1v) is 8.78. The van der Waals surface area contributed by atoms with Crippen LogP contribution in [0.15, 0.2) is 38.9 Å². The molecule has 1 aromatic carbocycles. The number of amides is 2. The number of aryl methyl sites for hydroxylation is 1. The highest BCUT2D eigenvalue weighted by Gasteiger charge is 2.16. The van der Waals surface area contributed by atoms with Crippen LogP contribution < -0.4 is 16.4 Å². The van der Waals surface area contributed by atoms with Crippen molar-refractivity contribution in [1.29, 1.82) is 0 Å². The molecule has 26 heavy (non-hydrogen) atoms. The van der Waals surface area contributed by atoms with E-state index in [0.717, 1.165) is 6.42 Å². The molecular weight excluding hydrogens is 358 g/mol. The first-order chi connectivity index (χ1) is 12.5. The van der Waals surface area contributed by atoms with Crippen LogP contribution in [0.4, 0.5) is 16.2 Å². The SMILES string of the molecule is CCCn1c(=O)oc2cc(NC(=O)Nc3ccsc3C(=O)OC)ccc21. The molecule has 0 atom stereocenters. The van der Waals surface area contributed by atoms with E-state index < -0.39 is 17.8 Å². The van der Waals surface area contributed by atoms with Gasteiger partial charge in [-0.3, -0.25) is 4.57 Å². The molecule has 136 valence electrons.